The molecular formula is C27H26N2O3S. The van der Waals surface area contributed by atoms with Gasteiger partial charge in [0, 0.05) is 29.8 Å². The number of benzene rings is 3. The quantitative estimate of drug-likeness (QED) is 0.278. The van der Waals surface area contributed by atoms with Gasteiger partial charge in [0.25, 0.3) is 5.91 Å². The van der Waals surface area contributed by atoms with Crippen LogP contribution in [0.3, 0.4) is 0 Å². The molecule has 168 valence electrons. The average molecular weight is 459 g/mol. The minimum atomic E-state index is -0.334. The van der Waals surface area contributed by atoms with Crippen molar-refractivity contribution in [3.63, 3.8) is 0 Å². The summed E-state index contributed by atoms with van der Waals surface area (Å²) in [7, 11) is 0. The Balaban J connectivity index is 1.67. The van der Waals surface area contributed by atoms with E-state index in [0.29, 0.717) is 41.3 Å². The number of rotatable bonds is 7. The van der Waals surface area contributed by atoms with Gasteiger partial charge in [0.1, 0.15) is 0 Å². The van der Waals surface area contributed by atoms with Gasteiger partial charge in [-0.15, -0.1) is 0 Å². The molecule has 4 aromatic rings. The van der Waals surface area contributed by atoms with Crippen molar-refractivity contribution in [3.8, 4) is 0 Å². The highest BCUT2D eigenvalue weighted by Crippen LogP contribution is 2.23. The van der Waals surface area contributed by atoms with Gasteiger partial charge in [0.2, 0.25) is 0 Å². The number of aryl methyl sites for hydroxylation is 2. The van der Waals surface area contributed by atoms with Crippen molar-refractivity contribution in [2.75, 3.05) is 13.2 Å². The van der Waals surface area contributed by atoms with E-state index in [2.05, 4.69) is 35.5 Å². The highest BCUT2D eigenvalue weighted by atomic mass is 32.1. The first-order valence-electron chi connectivity index (χ1n) is 10.9. The number of ether oxygens (including phenoxy) is 1. The average Bonchev–Trinajstić information content (AvgIpc) is 3.16. The second-order valence-corrected chi connectivity index (χ2v) is 8.83. The standard InChI is InChI=1S/C27H26N2O3S/c1-4-32-15-14-29-23-17-18(2)16-19(3)25(23)33-27(29)28-26(31)22-12-10-21(11-13-22)24(30)20-8-6-5-7-9-20/h5-13,16-17H,4,14-15H2,1-3H3. The Hall–Kier alpha value is -3.35. The molecule has 1 aromatic heterocycles. The molecule has 0 fully saturated rings. The zero-order valence-electron chi connectivity index (χ0n) is 19.0. The molecule has 33 heavy (non-hydrogen) atoms. The van der Waals surface area contributed by atoms with E-state index < -0.39 is 0 Å². The van der Waals surface area contributed by atoms with Crippen LogP contribution in [0.25, 0.3) is 10.2 Å². The van der Waals surface area contributed by atoms with Gasteiger partial charge in [0.05, 0.1) is 16.8 Å². The summed E-state index contributed by atoms with van der Waals surface area (Å²) >= 11 is 1.51. The zero-order chi connectivity index (χ0) is 23.4. The summed E-state index contributed by atoms with van der Waals surface area (Å²) in [5, 5.41) is 0. The number of carbonyl (C=O) groups excluding carboxylic acids is 2. The number of fused-ring (bicyclic) bond motifs is 1. The Morgan fingerprint density at radius 3 is 2.30 bits per heavy atom. The van der Waals surface area contributed by atoms with Gasteiger partial charge in [-0.2, -0.15) is 4.99 Å². The first-order valence-corrected chi connectivity index (χ1v) is 11.8. The Bertz CT molecular complexity index is 1370. The number of aromatic nitrogens is 1. The van der Waals surface area contributed by atoms with Gasteiger partial charge in [-0.25, -0.2) is 0 Å². The first kappa shape index (κ1) is 22.8. The van der Waals surface area contributed by atoms with E-state index in [-0.39, 0.29) is 11.7 Å². The molecule has 0 aliphatic carbocycles. The number of hydrogen-bond donors (Lipinski definition) is 0. The van der Waals surface area contributed by atoms with E-state index in [9.17, 15) is 9.59 Å². The second kappa shape index (κ2) is 10.1. The molecule has 0 aliphatic rings. The van der Waals surface area contributed by atoms with E-state index >= 15 is 0 Å². The number of ketones is 1. The summed E-state index contributed by atoms with van der Waals surface area (Å²) in [4.78, 5) is 30.7. The third-order valence-electron chi connectivity index (χ3n) is 5.40. The molecule has 0 saturated heterocycles. The van der Waals surface area contributed by atoms with Gasteiger partial charge in [-0.05, 0) is 50.1 Å². The van der Waals surface area contributed by atoms with Gasteiger partial charge in [0.15, 0.2) is 10.6 Å². The molecule has 5 nitrogen and oxygen atoms in total. The van der Waals surface area contributed by atoms with E-state index in [0.717, 1.165) is 15.8 Å². The van der Waals surface area contributed by atoms with Crippen molar-refractivity contribution in [1.82, 2.24) is 4.57 Å². The molecule has 0 saturated carbocycles. The number of nitrogens with zero attached hydrogens (tertiary/aromatic N) is 2. The maximum atomic E-state index is 13.0. The second-order valence-electron chi connectivity index (χ2n) is 7.85. The van der Waals surface area contributed by atoms with Gasteiger partial charge in [-0.1, -0.05) is 59.9 Å². The fraction of sp³-hybridized carbons (Fsp3) is 0.222. The third kappa shape index (κ3) is 5.02. The lowest BCUT2D eigenvalue weighted by Gasteiger charge is -2.07. The number of amides is 1. The van der Waals surface area contributed by atoms with Crippen LogP contribution in [0.5, 0.6) is 0 Å². The zero-order valence-corrected chi connectivity index (χ0v) is 19.8. The van der Waals surface area contributed by atoms with Crippen LogP contribution in [0, 0.1) is 13.8 Å². The molecule has 1 amide bonds. The molecule has 0 N–H and O–H groups in total. The van der Waals surface area contributed by atoms with Crippen LogP contribution in [0.4, 0.5) is 0 Å². The summed E-state index contributed by atoms with van der Waals surface area (Å²) in [6.45, 7) is 7.91. The summed E-state index contributed by atoms with van der Waals surface area (Å²) in [6.07, 6.45) is 0. The smallest absolute Gasteiger partial charge is 0.279 e. The summed E-state index contributed by atoms with van der Waals surface area (Å²) < 4.78 is 8.73. The normalized spacial score (nSPS) is 11.8. The van der Waals surface area contributed by atoms with Crippen LogP contribution >= 0.6 is 11.3 Å². The molecule has 0 unspecified atom stereocenters. The van der Waals surface area contributed by atoms with E-state index in [1.165, 1.54) is 16.9 Å². The summed E-state index contributed by atoms with van der Waals surface area (Å²) in [5.41, 5.74) is 5.00. The molecule has 1 heterocycles. The molecule has 4 rings (SSSR count). The van der Waals surface area contributed by atoms with Crippen LogP contribution in [-0.4, -0.2) is 29.5 Å². The largest absolute Gasteiger partial charge is 0.380 e. The lowest BCUT2D eigenvalue weighted by atomic mass is 10.0. The molecule has 0 aliphatic heterocycles. The predicted octanol–water partition coefficient (Wildman–Crippen LogP) is 5.33. The number of thiazole rings is 1. The lowest BCUT2D eigenvalue weighted by molar-refractivity contribution is 0.0993. The van der Waals surface area contributed by atoms with Crippen LogP contribution in [0.2, 0.25) is 0 Å². The number of carbonyl (C=O) groups is 2. The van der Waals surface area contributed by atoms with Crippen LogP contribution in [-0.2, 0) is 11.3 Å². The minimum absolute atomic E-state index is 0.0735. The highest BCUT2D eigenvalue weighted by molar-refractivity contribution is 7.16. The van der Waals surface area contributed by atoms with Crippen LogP contribution in [0.1, 0.15) is 44.3 Å². The molecule has 0 atom stereocenters. The van der Waals surface area contributed by atoms with Gasteiger partial charge >= 0.3 is 0 Å². The monoisotopic (exact) mass is 458 g/mol. The first-order chi connectivity index (χ1) is 16.0. The summed E-state index contributed by atoms with van der Waals surface area (Å²) in [6, 6.07) is 20.0. The molecule has 6 heteroatoms. The fourth-order valence-corrected chi connectivity index (χ4v) is 4.89. The van der Waals surface area contributed by atoms with Crippen molar-refractivity contribution in [2.24, 2.45) is 4.99 Å². The minimum Gasteiger partial charge on any atom is -0.380 e. The van der Waals surface area contributed by atoms with Crippen molar-refractivity contribution >= 4 is 33.2 Å². The van der Waals surface area contributed by atoms with Gasteiger partial charge < -0.3 is 9.30 Å². The maximum Gasteiger partial charge on any atom is 0.279 e. The van der Waals surface area contributed by atoms with Gasteiger partial charge in [-0.3, -0.25) is 9.59 Å². The molecule has 0 spiro atoms. The molecule has 0 radical (unpaired) electrons. The van der Waals surface area contributed by atoms with Crippen molar-refractivity contribution in [3.05, 3.63) is 99.3 Å². The SMILES string of the molecule is CCOCCn1c(=NC(=O)c2ccc(C(=O)c3ccccc3)cc2)sc2c(C)cc(C)cc21. The Kier molecular flexibility index (Phi) is 6.96. The van der Waals surface area contributed by atoms with Crippen LogP contribution in [0.15, 0.2) is 71.7 Å². The predicted molar refractivity (Wildman–Crippen MR) is 132 cm³/mol. The molecular weight excluding hydrogens is 432 g/mol. The Morgan fingerprint density at radius 1 is 0.939 bits per heavy atom. The van der Waals surface area contributed by atoms with E-state index in [1.807, 2.05) is 25.1 Å². The summed E-state index contributed by atoms with van der Waals surface area (Å²) in [5.74, 6) is -0.407. The highest BCUT2D eigenvalue weighted by Gasteiger charge is 2.13. The molecule has 3 aromatic carbocycles. The maximum absolute atomic E-state index is 13.0. The Morgan fingerprint density at radius 2 is 1.61 bits per heavy atom. The molecule has 0 bridgehead atoms. The van der Waals surface area contributed by atoms with Crippen molar-refractivity contribution in [1.29, 1.82) is 0 Å². The fourth-order valence-electron chi connectivity index (χ4n) is 3.79. The van der Waals surface area contributed by atoms with E-state index in [1.54, 1.807) is 36.4 Å². The lowest BCUT2D eigenvalue weighted by Crippen LogP contribution is -2.19. The number of hydrogen-bond acceptors (Lipinski definition) is 4. The van der Waals surface area contributed by atoms with Crippen molar-refractivity contribution < 1.29 is 14.3 Å². The van der Waals surface area contributed by atoms with Crippen molar-refractivity contribution in [2.45, 2.75) is 27.3 Å². The third-order valence-corrected chi connectivity index (χ3v) is 6.63. The van der Waals surface area contributed by atoms with Crippen LogP contribution < -0.4 is 4.80 Å². The Labute approximate surface area is 197 Å². The van der Waals surface area contributed by atoms with E-state index in [4.69, 9.17) is 4.74 Å². The topological polar surface area (TPSA) is 60.7 Å².